The summed E-state index contributed by atoms with van der Waals surface area (Å²) in [6.45, 7) is 2.93. The van der Waals surface area contributed by atoms with Gasteiger partial charge in [-0.15, -0.1) is 0 Å². The van der Waals surface area contributed by atoms with Gasteiger partial charge in [0.15, 0.2) is 11.6 Å². The third-order valence-corrected chi connectivity index (χ3v) is 7.40. The number of aromatic hydroxyl groups is 2. The fourth-order valence-corrected chi connectivity index (χ4v) is 5.73. The van der Waals surface area contributed by atoms with E-state index in [1.165, 1.54) is 13.8 Å². The Morgan fingerprint density at radius 3 is 2.29 bits per heavy atom. The Bertz CT molecular complexity index is 1170. The number of aliphatic hydroxyl groups excluding tert-OH is 2. The number of rotatable bonds is 2. The molecule has 0 spiro atoms. The van der Waals surface area contributed by atoms with Gasteiger partial charge in [0.1, 0.15) is 23.2 Å². The van der Waals surface area contributed by atoms with Crippen molar-refractivity contribution in [2.45, 2.75) is 68.9 Å². The lowest BCUT2D eigenvalue weighted by atomic mass is 9.66. The molecular formula is C23H24O11. The van der Waals surface area contributed by atoms with Gasteiger partial charge in [0, 0.05) is 28.7 Å². The van der Waals surface area contributed by atoms with Crippen LogP contribution in [0.3, 0.4) is 0 Å². The van der Waals surface area contributed by atoms with Crippen molar-refractivity contribution in [1.29, 1.82) is 0 Å². The van der Waals surface area contributed by atoms with Crippen LogP contribution in [0.15, 0.2) is 11.1 Å². The predicted octanol–water partition coefficient (Wildman–Crippen LogP) is -0.103. The van der Waals surface area contributed by atoms with Crippen LogP contribution in [0, 0.1) is 0 Å². The van der Waals surface area contributed by atoms with E-state index in [9.17, 15) is 39.9 Å². The molecular weight excluding hydrogens is 452 g/mol. The van der Waals surface area contributed by atoms with Gasteiger partial charge in [0.2, 0.25) is 0 Å². The summed E-state index contributed by atoms with van der Waals surface area (Å²) >= 11 is 0. The number of esters is 1. The standard InChI is InChI=1S/C23H24O11/c1-6-12-14(18(26)9(33-6)5-11(25)32-3)21(29)15-16(19(12)27)22(30)17-13(20(15)28)8-4-10(24)23(17,31)7(2)34-8/h6-10,18,24,26,28,30-31H,4-5H2,1-3H3/t6-,7?,8?,9-,10?,18+,23?/m0/s1. The van der Waals surface area contributed by atoms with Gasteiger partial charge >= 0.3 is 5.97 Å². The summed E-state index contributed by atoms with van der Waals surface area (Å²) in [5, 5.41) is 54.9. The van der Waals surface area contributed by atoms with Crippen molar-refractivity contribution >= 4 is 17.5 Å². The molecule has 0 aromatic heterocycles. The van der Waals surface area contributed by atoms with Gasteiger partial charge in [0.05, 0.1) is 55.2 Å². The molecule has 182 valence electrons. The molecule has 11 heteroatoms. The number of hydrogen-bond donors (Lipinski definition) is 5. The number of benzene rings is 1. The lowest BCUT2D eigenvalue weighted by Crippen LogP contribution is -2.58. The highest BCUT2D eigenvalue weighted by atomic mass is 16.5. The minimum Gasteiger partial charge on any atom is -0.507 e. The number of fused-ring (bicyclic) bond motifs is 3. The van der Waals surface area contributed by atoms with Crippen molar-refractivity contribution in [1.82, 2.24) is 0 Å². The minimum atomic E-state index is -2.13. The Hall–Kier alpha value is -2.83. The fraction of sp³-hybridized carbons (Fsp3) is 0.522. The zero-order chi connectivity index (χ0) is 24.9. The molecule has 1 aromatic rings. The van der Waals surface area contributed by atoms with Crippen LogP contribution in [0.2, 0.25) is 0 Å². The second-order valence-corrected chi connectivity index (χ2v) is 9.11. The molecule has 1 saturated heterocycles. The summed E-state index contributed by atoms with van der Waals surface area (Å²) in [6, 6.07) is 0. The van der Waals surface area contributed by atoms with Crippen molar-refractivity contribution < 1.29 is 54.1 Å². The number of phenolic OH excluding ortho intramolecular Hbond substituents is 2. The third kappa shape index (κ3) is 2.67. The molecule has 0 radical (unpaired) electrons. The van der Waals surface area contributed by atoms with Crippen LogP contribution in [-0.2, 0) is 24.6 Å². The van der Waals surface area contributed by atoms with Crippen LogP contribution in [-0.4, -0.2) is 80.7 Å². The lowest BCUT2D eigenvalue weighted by Gasteiger charge is -2.52. The smallest absolute Gasteiger partial charge is 0.308 e. The van der Waals surface area contributed by atoms with Gasteiger partial charge in [-0.05, 0) is 13.8 Å². The molecule has 11 nitrogen and oxygen atoms in total. The number of phenols is 2. The van der Waals surface area contributed by atoms with Crippen molar-refractivity contribution in [3.05, 3.63) is 33.4 Å². The maximum Gasteiger partial charge on any atom is 0.308 e. The van der Waals surface area contributed by atoms with Crippen LogP contribution in [0.4, 0.5) is 0 Å². The monoisotopic (exact) mass is 476 g/mol. The maximum absolute atomic E-state index is 13.6. The van der Waals surface area contributed by atoms with E-state index < -0.39 is 82.4 Å². The van der Waals surface area contributed by atoms with Crippen LogP contribution >= 0.6 is 0 Å². The molecule has 5 N–H and O–H groups in total. The maximum atomic E-state index is 13.6. The van der Waals surface area contributed by atoms with E-state index in [-0.39, 0.29) is 35.1 Å². The SMILES string of the molecule is COC(=O)C[C@@H]1O[C@@H](C)C2=C(C(=O)c3c(O)c4c(c(O)c3C2=O)C2(O)C(O)CC4OC2C)[C@@H]1O. The van der Waals surface area contributed by atoms with E-state index in [0.29, 0.717) is 0 Å². The summed E-state index contributed by atoms with van der Waals surface area (Å²) < 4.78 is 15.9. The van der Waals surface area contributed by atoms with E-state index in [1.807, 2.05) is 0 Å². The number of Topliss-reactive ketones (excluding diaryl/α,β-unsaturated/α-hetero) is 2. The number of carbonyl (C=O) groups is 3. The number of aliphatic hydroxyl groups is 3. The number of carbonyl (C=O) groups excluding carboxylic acids is 3. The molecule has 1 aromatic carbocycles. The van der Waals surface area contributed by atoms with Gasteiger partial charge < -0.3 is 39.7 Å². The number of ketones is 2. The average molecular weight is 476 g/mol. The van der Waals surface area contributed by atoms with Crippen LogP contribution in [0.25, 0.3) is 0 Å². The predicted molar refractivity (Wildman–Crippen MR) is 110 cm³/mol. The van der Waals surface area contributed by atoms with Crippen LogP contribution in [0.5, 0.6) is 11.5 Å². The van der Waals surface area contributed by atoms with Gasteiger partial charge in [-0.25, -0.2) is 0 Å². The van der Waals surface area contributed by atoms with Crippen molar-refractivity contribution in [2.75, 3.05) is 7.11 Å². The highest BCUT2D eigenvalue weighted by Crippen LogP contribution is 2.59. The summed E-state index contributed by atoms with van der Waals surface area (Å²) in [7, 11) is 1.16. The highest BCUT2D eigenvalue weighted by Gasteiger charge is 2.60. The Morgan fingerprint density at radius 1 is 1.06 bits per heavy atom. The Morgan fingerprint density at radius 2 is 1.68 bits per heavy atom. The summed E-state index contributed by atoms with van der Waals surface area (Å²) in [5.41, 5.74) is -4.12. The second kappa shape index (κ2) is 7.33. The minimum absolute atomic E-state index is 0.0898. The van der Waals surface area contributed by atoms with Gasteiger partial charge in [0.25, 0.3) is 0 Å². The molecule has 5 aliphatic rings. The zero-order valence-corrected chi connectivity index (χ0v) is 18.6. The third-order valence-electron chi connectivity index (χ3n) is 7.40. The molecule has 1 fully saturated rings. The van der Waals surface area contributed by atoms with E-state index in [1.54, 1.807) is 0 Å². The van der Waals surface area contributed by atoms with Crippen LogP contribution in [0.1, 0.15) is 64.6 Å². The van der Waals surface area contributed by atoms with Crippen molar-refractivity contribution in [3.63, 3.8) is 0 Å². The molecule has 34 heavy (non-hydrogen) atoms. The molecule has 0 saturated carbocycles. The molecule has 0 amide bonds. The second-order valence-electron chi connectivity index (χ2n) is 9.11. The topological polar surface area (TPSA) is 180 Å². The Kier molecular flexibility index (Phi) is 4.95. The molecule has 4 unspecified atom stereocenters. The fourth-order valence-electron chi connectivity index (χ4n) is 5.73. The Labute approximate surface area is 193 Å². The summed E-state index contributed by atoms with van der Waals surface area (Å²) in [4.78, 5) is 38.8. The number of hydrogen-bond acceptors (Lipinski definition) is 11. The van der Waals surface area contributed by atoms with Crippen LogP contribution < -0.4 is 0 Å². The van der Waals surface area contributed by atoms with E-state index in [4.69, 9.17) is 9.47 Å². The first-order valence-corrected chi connectivity index (χ1v) is 10.9. The van der Waals surface area contributed by atoms with Gasteiger partial charge in [-0.2, -0.15) is 0 Å². The van der Waals surface area contributed by atoms with E-state index >= 15 is 0 Å². The molecule has 2 bridgehead atoms. The van der Waals surface area contributed by atoms with Gasteiger partial charge in [-0.3, -0.25) is 14.4 Å². The lowest BCUT2D eigenvalue weighted by molar-refractivity contribution is -0.246. The molecule has 2 aliphatic carbocycles. The van der Waals surface area contributed by atoms with E-state index in [2.05, 4.69) is 4.74 Å². The number of ether oxygens (including phenoxy) is 3. The first-order chi connectivity index (χ1) is 15.9. The van der Waals surface area contributed by atoms with Crippen molar-refractivity contribution in [2.24, 2.45) is 0 Å². The summed E-state index contributed by atoms with van der Waals surface area (Å²) in [6.07, 6.45) is -7.65. The zero-order valence-electron chi connectivity index (χ0n) is 18.6. The largest absolute Gasteiger partial charge is 0.507 e. The number of methoxy groups -OCH3 is 1. The normalized spacial score (nSPS) is 36.2. The summed E-state index contributed by atoms with van der Waals surface area (Å²) in [5.74, 6) is -3.91. The first kappa shape index (κ1) is 22.9. The molecule has 6 rings (SSSR count). The average Bonchev–Trinajstić information content (AvgIpc) is 2.77. The Balaban J connectivity index is 1.72. The first-order valence-electron chi connectivity index (χ1n) is 10.9. The van der Waals surface area contributed by atoms with Crippen molar-refractivity contribution in [3.8, 4) is 11.5 Å². The molecule has 3 aliphatic heterocycles. The highest BCUT2D eigenvalue weighted by molar-refractivity contribution is 6.30. The van der Waals surface area contributed by atoms with Gasteiger partial charge in [-0.1, -0.05) is 0 Å². The molecule has 7 atom stereocenters. The quantitative estimate of drug-likeness (QED) is 0.284. The molecule has 3 heterocycles. The van der Waals surface area contributed by atoms with E-state index in [0.717, 1.165) is 7.11 Å².